The molecule has 2 heterocycles. The number of ether oxygens (including phenoxy) is 1. The van der Waals surface area contributed by atoms with Crippen molar-refractivity contribution in [3.05, 3.63) is 72.0 Å². The molecule has 45 heavy (non-hydrogen) atoms. The lowest BCUT2D eigenvalue weighted by Crippen LogP contribution is -2.61. The van der Waals surface area contributed by atoms with Crippen LogP contribution in [0, 0.1) is 5.82 Å². The Bertz CT molecular complexity index is 1740. The van der Waals surface area contributed by atoms with Gasteiger partial charge >= 0.3 is 18.8 Å². The summed E-state index contributed by atoms with van der Waals surface area (Å²) in [6.07, 6.45) is -5.49. The van der Waals surface area contributed by atoms with Crippen LogP contribution in [0.1, 0.15) is 18.4 Å². The molecule has 3 aromatic rings. The number of hydrogen-bond acceptors (Lipinski definition) is 6. The van der Waals surface area contributed by atoms with Crippen LogP contribution in [-0.2, 0) is 25.8 Å². The number of carboxylic acids is 1. The fourth-order valence-corrected chi connectivity index (χ4v) is 7.01. The van der Waals surface area contributed by atoms with Gasteiger partial charge in [0.15, 0.2) is 0 Å². The zero-order valence-corrected chi connectivity index (χ0v) is 24.0. The molecule has 0 aromatic heterocycles. The molecular weight excluding hydrogens is 632 g/mol. The van der Waals surface area contributed by atoms with Crippen LogP contribution in [0.15, 0.2) is 65.6 Å². The molecule has 1 atom stereocenters. The Kier molecular flexibility index (Phi) is 8.62. The van der Waals surface area contributed by atoms with E-state index in [-0.39, 0.29) is 49.4 Å². The van der Waals surface area contributed by atoms with E-state index < -0.39 is 69.2 Å². The third-order valence-corrected chi connectivity index (χ3v) is 9.27. The van der Waals surface area contributed by atoms with Crippen molar-refractivity contribution in [2.45, 2.75) is 36.6 Å². The first-order chi connectivity index (χ1) is 21.1. The van der Waals surface area contributed by atoms with Crippen LogP contribution in [0.4, 0.5) is 37.7 Å². The van der Waals surface area contributed by atoms with Gasteiger partial charge in [0.2, 0.25) is 5.91 Å². The van der Waals surface area contributed by atoms with Gasteiger partial charge in [-0.3, -0.25) is 13.9 Å². The van der Waals surface area contributed by atoms with E-state index in [0.717, 1.165) is 40.7 Å². The number of anilines is 2. The van der Waals surface area contributed by atoms with E-state index in [4.69, 9.17) is 5.11 Å². The summed E-state index contributed by atoms with van der Waals surface area (Å²) in [5, 5.41) is 8.95. The minimum atomic E-state index is -4.83. The zero-order chi connectivity index (χ0) is 32.7. The van der Waals surface area contributed by atoms with Crippen LogP contribution in [0.25, 0.3) is 11.1 Å². The van der Waals surface area contributed by atoms with E-state index in [9.17, 15) is 44.3 Å². The number of nitrogens with zero attached hydrogens (tertiary/aromatic N) is 3. The third-order valence-electron chi connectivity index (χ3n) is 7.50. The summed E-state index contributed by atoms with van der Waals surface area (Å²) in [5.41, 5.74) is -0.523. The van der Waals surface area contributed by atoms with Gasteiger partial charge in [-0.1, -0.05) is 12.1 Å². The van der Waals surface area contributed by atoms with Crippen molar-refractivity contribution in [2.24, 2.45) is 0 Å². The number of carbonyl (C=O) groups is 2. The molecule has 1 N–H and O–H groups in total. The Balaban J connectivity index is 1.59. The first-order valence-corrected chi connectivity index (χ1v) is 14.9. The molecule has 1 unspecified atom stereocenters. The Morgan fingerprint density at radius 2 is 1.69 bits per heavy atom. The van der Waals surface area contributed by atoms with E-state index in [1.165, 1.54) is 23.1 Å². The summed E-state index contributed by atoms with van der Waals surface area (Å²) in [5.74, 6) is -2.99. The SMILES string of the molecule is O=C(O)CCC(=O)N1CCN2c3ccc(-c4cc(F)cc(OC(F)F)c4)cc3N(S(=O)(=O)c3cccc(C(F)(F)F)c3)CC2C1. The van der Waals surface area contributed by atoms with Crippen molar-refractivity contribution in [3.8, 4) is 16.9 Å². The van der Waals surface area contributed by atoms with Gasteiger partial charge in [-0.15, -0.1) is 0 Å². The number of rotatable bonds is 8. The molecule has 3 aromatic carbocycles. The van der Waals surface area contributed by atoms with Gasteiger partial charge < -0.3 is 19.6 Å². The first kappa shape index (κ1) is 31.9. The van der Waals surface area contributed by atoms with Gasteiger partial charge in [0.25, 0.3) is 10.0 Å². The van der Waals surface area contributed by atoms with Gasteiger partial charge in [0.05, 0.1) is 40.8 Å². The number of carboxylic acid groups (broad SMARTS) is 1. The van der Waals surface area contributed by atoms with Crippen LogP contribution in [0.2, 0.25) is 0 Å². The number of aliphatic carboxylic acids is 1. The van der Waals surface area contributed by atoms with Crippen molar-refractivity contribution in [1.82, 2.24) is 4.90 Å². The average molecular weight is 658 g/mol. The summed E-state index contributed by atoms with van der Waals surface area (Å²) in [4.78, 5) is 26.2. The molecule has 2 aliphatic heterocycles. The van der Waals surface area contributed by atoms with Crippen molar-refractivity contribution in [2.75, 3.05) is 35.4 Å². The highest BCUT2D eigenvalue weighted by Gasteiger charge is 2.41. The summed E-state index contributed by atoms with van der Waals surface area (Å²) >= 11 is 0. The largest absolute Gasteiger partial charge is 0.481 e. The number of benzene rings is 3. The second-order valence-electron chi connectivity index (χ2n) is 10.4. The quantitative estimate of drug-likeness (QED) is 0.332. The molecule has 0 spiro atoms. The number of piperazine rings is 1. The molecule has 0 saturated carbocycles. The Morgan fingerprint density at radius 3 is 2.38 bits per heavy atom. The predicted molar refractivity (Wildman–Crippen MR) is 149 cm³/mol. The number of sulfonamides is 1. The van der Waals surface area contributed by atoms with Crippen LogP contribution < -0.4 is 13.9 Å². The standard InChI is InChI=1S/C29H25F6N3O6S/c30-20-10-18(11-22(14-20)44-28(31)32)17-4-5-24-25(12-17)38(45(42,43)23-3-1-2-19(13-23)29(33,34)35)16-21-15-36(8-9-37(21)24)26(39)6-7-27(40)41/h1-5,10-14,21,28H,6-9,15-16H2,(H,40,41). The van der Waals surface area contributed by atoms with Gasteiger partial charge in [0, 0.05) is 32.1 Å². The molecule has 0 bridgehead atoms. The highest BCUT2D eigenvalue weighted by molar-refractivity contribution is 7.92. The van der Waals surface area contributed by atoms with Gasteiger partial charge in [-0.2, -0.15) is 22.0 Å². The molecule has 16 heteroatoms. The van der Waals surface area contributed by atoms with Crippen LogP contribution in [0.3, 0.4) is 0 Å². The molecule has 9 nitrogen and oxygen atoms in total. The number of hydrogen-bond donors (Lipinski definition) is 1. The summed E-state index contributed by atoms with van der Waals surface area (Å²) in [6.45, 7) is -3.12. The zero-order valence-electron chi connectivity index (χ0n) is 23.2. The number of amides is 1. The maximum atomic E-state index is 14.4. The lowest BCUT2D eigenvalue weighted by Gasteiger charge is -2.49. The normalized spacial score (nSPS) is 16.8. The minimum Gasteiger partial charge on any atom is -0.481 e. The third kappa shape index (κ3) is 6.79. The molecule has 0 radical (unpaired) electrons. The van der Waals surface area contributed by atoms with Crippen LogP contribution in [-0.4, -0.2) is 69.1 Å². The van der Waals surface area contributed by atoms with Crippen LogP contribution >= 0.6 is 0 Å². The summed E-state index contributed by atoms with van der Waals surface area (Å²) < 4.78 is 114. The van der Waals surface area contributed by atoms with E-state index in [1.807, 2.05) is 4.90 Å². The predicted octanol–water partition coefficient (Wildman–Crippen LogP) is 5.20. The number of carbonyl (C=O) groups excluding carboxylic acids is 1. The number of halogens is 6. The molecule has 2 aliphatic rings. The molecule has 0 aliphatic carbocycles. The molecule has 240 valence electrons. The highest BCUT2D eigenvalue weighted by Crippen LogP contribution is 2.43. The molecule has 1 saturated heterocycles. The fraction of sp³-hybridized carbons (Fsp3) is 0.310. The fourth-order valence-electron chi connectivity index (χ4n) is 5.45. The lowest BCUT2D eigenvalue weighted by atomic mass is 10.00. The maximum absolute atomic E-state index is 14.4. The second-order valence-corrected chi connectivity index (χ2v) is 12.3. The van der Waals surface area contributed by atoms with Crippen molar-refractivity contribution < 1.29 is 54.2 Å². The van der Waals surface area contributed by atoms with E-state index in [0.29, 0.717) is 11.8 Å². The summed E-state index contributed by atoms with van der Waals surface area (Å²) in [6, 6.07) is 9.85. The monoisotopic (exact) mass is 657 g/mol. The highest BCUT2D eigenvalue weighted by atomic mass is 32.2. The Morgan fingerprint density at radius 1 is 0.933 bits per heavy atom. The summed E-state index contributed by atoms with van der Waals surface area (Å²) in [7, 11) is -4.67. The topological polar surface area (TPSA) is 107 Å². The van der Waals surface area contributed by atoms with E-state index >= 15 is 0 Å². The first-order valence-electron chi connectivity index (χ1n) is 13.5. The molecule has 5 rings (SSSR count). The van der Waals surface area contributed by atoms with Gasteiger partial charge in [-0.25, -0.2) is 12.8 Å². The second kappa shape index (κ2) is 12.1. The minimum absolute atomic E-state index is 0.00643. The lowest BCUT2D eigenvalue weighted by molar-refractivity contribution is -0.141. The van der Waals surface area contributed by atoms with Crippen molar-refractivity contribution in [3.63, 3.8) is 0 Å². The van der Waals surface area contributed by atoms with Crippen molar-refractivity contribution >= 4 is 33.3 Å². The maximum Gasteiger partial charge on any atom is 0.416 e. The average Bonchev–Trinajstić information content (AvgIpc) is 2.97. The Hall–Kier alpha value is -4.47. The Labute approximate surface area is 253 Å². The van der Waals surface area contributed by atoms with Crippen LogP contribution in [0.5, 0.6) is 5.75 Å². The van der Waals surface area contributed by atoms with Crippen molar-refractivity contribution in [1.29, 1.82) is 0 Å². The molecular formula is C29H25F6N3O6S. The number of fused-ring (bicyclic) bond motifs is 3. The molecule has 1 amide bonds. The van der Waals surface area contributed by atoms with Gasteiger partial charge in [0.1, 0.15) is 11.6 Å². The van der Waals surface area contributed by atoms with E-state index in [2.05, 4.69) is 4.74 Å². The smallest absolute Gasteiger partial charge is 0.416 e. The van der Waals surface area contributed by atoms with E-state index in [1.54, 1.807) is 0 Å². The van der Waals surface area contributed by atoms with Gasteiger partial charge in [-0.05, 0) is 53.6 Å². The molecule has 1 fully saturated rings. The number of alkyl halides is 5.